The fourth-order valence-electron chi connectivity index (χ4n) is 16.4. The van der Waals surface area contributed by atoms with Gasteiger partial charge in [-0.25, -0.2) is 28.8 Å². The van der Waals surface area contributed by atoms with Crippen LogP contribution in [0.25, 0.3) is 21.9 Å². The number of β-lactam (4-membered cyclic amide) rings is 2. The van der Waals surface area contributed by atoms with Crippen molar-refractivity contribution in [2.45, 2.75) is 85.4 Å². The summed E-state index contributed by atoms with van der Waals surface area (Å²) < 4.78 is 76.6. The fraction of sp³-hybridized carbons (Fsp3) is 0.213. The first-order chi connectivity index (χ1) is 66.8. The molecule has 8 aliphatic rings. The number of esters is 9. The number of phenolic OH excluding ortho intramolecular Hbond substituents is 1. The van der Waals surface area contributed by atoms with E-state index in [1.165, 1.54) is 148 Å². The molecule has 0 aliphatic carbocycles. The van der Waals surface area contributed by atoms with E-state index in [1.54, 1.807) is 72.8 Å². The van der Waals surface area contributed by atoms with Crippen LogP contribution in [0.5, 0.6) is 57.5 Å². The molecular formula is C94H68Cl2N6O34S4. The van der Waals surface area contributed by atoms with Gasteiger partial charge in [0.05, 0.1) is 34.3 Å². The molecule has 18 rings (SSSR count). The van der Waals surface area contributed by atoms with Crippen LogP contribution in [0.4, 0.5) is 0 Å². The largest absolute Gasteiger partial charge is 0.506 e. The molecule has 8 aliphatic heterocycles. The average molecular weight is 2020 g/mol. The molecule has 10 heterocycles. The van der Waals surface area contributed by atoms with E-state index < -0.39 is 178 Å². The van der Waals surface area contributed by atoms with Crippen molar-refractivity contribution in [3.05, 3.63) is 255 Å². The lowest BCUT2D eigenvalue weighted by Gasteiger charge is -2.49. The number of carboxylic acids is 1. The highest BCUT2D eigenvalue weighted by molar-refractivity contribution is 8.01. The first-order valence-electron chi connectivity index (χ1n) is 41.5. The van der Waals surface area contributed by atoms with Crippen molar-refractivity contribution in [3.63, 3.8) is 0 Å². The van der Waals surface area contributed by atoms with E-state index in [4.69, 9.17) is 88.9 Å². The lowest BCUT2D eigenvalue weighted by molar-refractivity contribution is -0.167. The number of hydrogen-bond donors (Lipinski definition) is 6. The van der Waals surface area contributed by atoms with Crippen LogP contribution >= 0.6 is 70.2 Å². The number of carbonyl (C=O) groups is 16. The number of carbonyl (C=O) groups excluding carboxylic acids is 15. The number of benzene rings is 8. The minimum Gasteiger partial charge on any atom is -0.506 e. The third-order valence-corrected chi connectivity index (χ3v) is 27.7. The van der Waals surface area contributed by atoms with Crippen LogP contribution in [0.1, 0.15) is 116 Å². The van der Waals surface area contributed by atoms with Gasteiger partial charge in [-0.1, -0.05) is 35.3 Å². The lowest BCUT2D eigenvalue weighted by atomic mass is 9.77. The fourth-order valence-corrected chi connectivity index (χ4v) is 21.6. The van der Waals surface area contributed by atoms with Crippen molar-refractivity contribution >= 4 is 187 Å². The normalized spacial score (nSPS) is 16.9. The van der Waals surface area contributed by atoms with Crippen molar-refractivity contribution in [3.8, 4) is 57.5 Å². The van der Waals surface area contributed by atoms with Crippen LogP contribution in [0.3, 0.4) is 0 Å². The zero-order valence-corrected chi connectivity index (χ0v) is 77.8. The maximum Gasteiger partial charge on any atom is 0.357 e. The molecule has 0 radical (unpaired) electrons. The van der Waals surface area contributed by atoms with Gasteiger partial charge >= 0.3 is 70.9 Å². The number of nitrogens with one attached hydrogen (secondary N) is 4. The van der Waals surface area contributed by atoms with E-state index in [1.807, 2.05) is 0 Å². The van der Waals surface area contributed by atoms with E-state index in [-0.39, 0.29) is 135 Å². The number of amides is 6. The summed E-state index contributed by atoms with van der Waals surface area (Å²) in [5.74, 6) is -10.4. The molecular weight excluding hydrogens is 1960 g/mol. The molecule has 4 unspecified atom stereocenters. The van der Waals surface area contributed by atoms with Gasteiger partial charge in [0.25, 0.3) is 23.6 Å². The van der Waals surface area contributed by atoms with Crippen LogP contribution in [-0.4, -0.2) is 188 Å². The second-order valence-electron chi connectivity index (χ2n) is 31.5. The smallest absolute Gasteiger partial charge is 0.357 e. The van der Waals surface area contributed by atoms with Crippen LogP contribution < -0.4 is 65.7 Å². The molecule has 6 N–H and O–H groups in total. The van der Waals surface area contributed by atoms with Gasteiger partial charge in [-0.3, -0.25) is 67.3 Å². The van der Waals surface area contributed by atoms with Gasteiger partial charge < -0.3 is 97.2 Å². The van der Waals surface area contributed by atoms with Gasteiger partial charge in [0.15, 0.2) is 11.2 Å². The van der Waals surface area contributed by atoms with Crippen LogP contribution in [0.15, 0.2) is 196 Å². The highest BCUT2D eigenvalue weighted by atomic mass is 35.5. The Kier molecular flexibility index (Phi) is 26.6. The monoisotopic (exact) mass is 2020 g/mol. The first-order valence-corrected chi connectivity index (χ1v) is 46.4. The molecule has 4 atom stereocenters. The summed E-state index contributed by atoms with van der Waals surface area (Å²) in [5, 5.41) is 28.7. The number of nitrogens with zero attached hydrogens (tertiary/aromatic N) is 2. The van der Waals surface area contributed by atoms with Gasteiger partial charge in [-0.15, -0.1) is 47.0 Å². The highest BCUT2D eigenvalue weighted by Crippen LogP contribution is 2.60. The van der Waals surface area contributed by atoms with E-state index in [9.17, 15) is 96.5 Å². The van der Waals surface area contributed by atoms with Gasteiger partial charge in [0, 0.05) is 155 Å². The number of halogens is 2. The number of carboxylic acid groups (broad SMARTS) is 1. The summed E-state index contributed by atoms with van der Waals surface area (Å²) in [6.45, 7) is 4.76. The summed E-state index contributed by atoms with van der Waals surface area (Å²) in [6, 6.07) is 33.9. The SMILES string of the molecule is CC(=O)OCOC(=O)C1=C(CSc2ccc3c(c2)C(=O)OC32c3ccc(OC(C)=O)cc3Oc3cc(OC(C)=O)ccc32)CSC2C(NC(=O)CNC(=O)c3cc4cc(Cl)c(OCOC(C)=O)cc4oc3=O)C(=O)N12.CC(=O)Oc1ccc2c(c1)Oc1cc(OC(C)=O)ccc1C21OC(=O)c2cc(SCC3=C(C(=O)O)N4C(=O)C(NC(=O)CNC(=O)c5cc6cc(Cl)c(O)cc6oc5=O)C4SC3)ccc21. The van der Waals surface area contributed by atoms with E-state index in [0.717, 1.165) is 22.8 Å². The molecule has 716 valence electrons. The van der Waals surface area contributed by atoms with Crippen molar-refractivity contribution in [2.24, 2.45) is 0 Å². The topological polar surface area (TPSA) is 539 Å². The van der Waals surface area contributed by atoms with Crippen molar-refractivity contribution < 1.29 is 153 Å². The molecule has 140 heavy (non-hydrogen) atoms. The van der Waals surface area contributed by atoms with Crippen molar-refractivity contribution in [2.75, 3.05) is 49.7 Å². The van der Waals surface area contributed by atoms with Gasteiger partial charge in [-0.2, -0.15) is 0 Å². The molecule has 2 spiro atoms. The number of thioether (sulfide) groups is 4. The number of aliphatic carboxylic acids is 1. The Morgan fingerprint density at radius 2 is 0.843 bits per heavy atom. The Morgan fingerprint density at radius 1 is 0.457 bits per heavy atom. The number of aromatic hydroxyl groups is 1. The maximum absolute atomic E-state index is 14.0. The van der Waals surface area contributed by atoms with Crippen molar-refractivity contribution in [1.82, 2.24) is 31.1 Å². The zero-order valence-electron chi connectivity index (χ0n) is 73.1. The maximum atomic E-state index is 14.0. The molecule has 40 nitrogen and oxygen atoms in total. The molecule has 0 saturated carbocycles. The molecule has 2 fully saturated rings. The number of ether oxygens (including phenoxy) is 12. The Morgan fingerprint density at radius 3 is 1.25 bits per heavy atom. The molecule has 10 aromatic rings. The summed E-state index contributed by atoms with van der Waals surface area (Å²) in [4.78, 5) is 232. The lowest BCUT2D eigenvalue weighted by Crippen LogP contribution is -2.71. The molecule has 46 heteroatoms. The Labute approximate surface area is 813 Å². The second kappa shape index (κ2) is 38.7. The number of hydrogen-bond acceptors (Lipinski definition) is 37. The molecule has 0 bridgehead atoms. The van der Waals surface area contributed by atoms with Crippen LogP contribution in [0.2, 0.25) is 10.0 Å². The predicted molar refractivity (Wildman–Crippen MR) is 489 cm³/mol. The third kappa shape index (κ3) is 18.7. The summed E-state index contributed by atoms with van der Waals surface area (Å²) >= 11 is 17.1. The Hall–Kier alpha value is -15.6. The minimum atomic E-state index is -1.56. The molecule has 6 amide bonds. The van der Waals surface area contributed by atoms with E-state index in [0.29, 0.717) is 54.3 Å². The molecule has 2 saturated heterocycles. The minimum absolute atomic E-state index is 0.00311. The second-order valence-corrected chi connectivity index (χ2v) is 36.6. The number of rotatable bonds is 25. The predicted octanol–water partition coefficient (Wildman–Crippen LogP) is 9.84. The quantitative estimate of drug-likeness (QED) is 0.00589. The molecule has 8 aromatic carbocycles. The Bertz CT molecular complexity index is 7250. The van der Waals surface area contributed by atoms with Crippen LogP contribution in [0, 0.1) is 0 Å². The highest BCUT2D eigenvalue weighted by Gasteiger charge is 2.59. The number of fused-ring (bicyclic) bond motifs is 16. The number of phenols is 1. The third-order valence-electron chi connectivity index (χ3n) is 22.3. The zero-order chi connectivity index (χ0) is 99.5. The summed E-state index contributed by atoms with van der Waals surface area (Å²) in [5.41, 5.74) is -2.62. The van der Waals surface area contributed by atoms with E-state index >= 15 is 0 Å². The van der Waals surface area contributed by atoms with Gasteiger partial charge in [-0.05, 0) is 108 Å². The summed E-state index contributed by atoms with van der Waals surface area (Å²) in [6.07, 6.45) is 0. The Balaban J connectivity index is 0.000000195. The first kappa shape index (κ1) is 96.1. The summed E-state index contributed by atoms with van der Waals surface area (Å²) in [7, 11) is 0. The van der Waals surface area contributed by atoms with Gasteiger partial charge in [0.1, 0.15) is 114 Å². The molecule has 2 aromatic heterocycles. The average Bonchev–Trinajstić information content (AvgIpc) is 1.52. The van der Waals surface area contributed by atoms with Crippen molar-refractivity contribution in [1.29, 1.82) is 0 Å². The van der Waals surface area contributed by atoms with E-state index in [2.05, 4.69) is 21.3 Å². The van der Waals surface area contributed by atoms with Gasteiger partial charge in [0.2, 0.25) is 25.4 Å². The van der Waals surface area contributed by atoms with Crippen LogP contribution in [-0.2, 0) is 92.4 Å². The standard InChI is InChI=1S/C50H38ClN3O19S2.C44H30ClN3O15S2/c1-22(55)65-20-67-40-16-37-26(12-36(40)51)11-32(47(62)72-37)44(60)52-17-41(59)53-42-45(61)54-43(49(64)68-21-66-23(2)56)27(19-75-46(42)54)18-74-30-7-10-33-31(15-30)48(63)73-50(33)34-8-5-28(69-24(3)57)13-38(34)71-39-14-29(70-25(4)58)6-9-35(39)50;1-18(49)59-22-3-6-28-33(11-22)61-34-12-23(60-19(2)50)4-7-29(34)44(28)27-8-5-24(13-25(27)43(58)63-44)64-16-21-17-65-40-36(39(54)48(40)37(21)41(55)56)47-35(52)15-46-38(53)26-9-20-10-30(45)31(51)14-32(20)62-42(26)57/h5-16,42,46H,17-21H2,1-4H3,(H,52,60)(H,53,59);3-14,36,40,51H,15-17H2,1-2H3,(H,46,53)(H,47,52)(H,55,56).